The maximum absolute atomic E-state index is 5.42. The third-order valence-corrected chi connectivity index (χ3v) is 16.5. The minimum Gasteiger partial charge on any atom is -0.252 e. The van der Waals surface area contributed by atoms with Gasteiger partial charge in [-0.05, 0) is 86.8 Å². The normalized spacial score (nSPS) is 12.4. The fourth-order valence-electron chi connectivity index (χ4n) is 11.2. The van der Waals surface area contributed by atoms with Crippen molar-refractivity contribution in [1.82, 2.24) is 0 Å². The van der Waals surface area contributed by atoms with Crippen LogP contribution in [0.15, 0.2) is 70.7 Å². The molecule has 2 aromatic rings. The van der Waals surface area contributed by atoms with Crippen LogP contribution in [0.1, 0.15) is 379 Å². The van der Waals surface area contributed by atoms with Crippen LogP contribution in [0.2, 0.25) is 0 Å². The number of aliphatic imine (C=N–C) groups is 2. The Balaban J connectivity index is 1.86. The molecule has 0 aliphatic carbocycles. The Labute approximate surface area is 482 Å². The van der Waals surface area contributed by atoms with Crippen LogP contribution in [0, 0.1) is 0 Å². The Bertz CT molecular complexity index is 1630. The molecule has 0 aromatic heterocycles. The molecule has 0 aliphatic heterocycles. The average Bonchev–Trinajstić information content (AvgIpc) is 3.45. The lowest BCUT2D eigenvalue weighted by Gasteiger charge is -2.12. The van der Waals surface area contributed by atoms with E-state index in [0.29, 0.717) is 0 Å². The van der Waals surface area contributed by atoms with Crippen LogP contribution in [-0.4, -0.2) is 11.4 Å². The second-order valence-corrected chi connectivity index (χ2v) is 24.1. The molecule has 440 valence electrons. The third-order valence-electron chi connectivity index (χ3n) is 16.5. The maximum Gasteiger partial charge on any atom is 0.0634 e. The van der Waals surface area contributed by atoms with Gasteiger partial charge in [0.05, 0.1) is 22.8 Å². The first-order chi connectivity index (χ1) is 38.2. The van der Waals surface area contributed by atoms with Crippen molar-refractivity contribution >= 4 is 35.0 Å². The summed E-state index contributed by atoms with van der Waals surface area (Å²) in [5, 5.41) is 0. The van der Waals surface area contributed by atoms with Crippen LogP contribution in [-0.2, 0) is 0 Å². The minimum atomic E-state index is 0.981. The molecular weight excluding hydrogens is 929 g/mol. The van der Waals surface area contributed by atoms with Gasteiger partial charge in [-0.25, -0.2) is 0 Å². The minimum absolute atomic E-state index is 0.981. The lowest BCUT2D eigenvalue weighted by Crippen LogP contribution is -2.14. The molecule has 2 aromatic carbocycles. The molecule has 0 atom stereocenters. The zero-order chi connectivity index (χ0) is 54.8. The van der Waals surface area contributed by atoms with Gasteiger partial charge in [0.15, 0.2) is 0 Å². The number of benzene rings is 2. The van der Waals surface area contributed by atoms with Crippen LogP contribution < -0.4 is 0 Å². The zero-order valence-corrected chi connectivity index (χ0v) is 52.3. The molecule has 2 rings (SSSR count). The highest BCUT2D eigenvalue weighted by molar-refractivity contribution is 6.43. The number of unbranched alkanes of at least 4 members (excludes halogenated alkanes) is 47. The monoisotopic (exact) mass is 1060 g/mol. The van der Waals surface area contributed by atoms with Gasteiger partial charge in [0.1, 0.15) is 0 Å². The van der Waals surface area contributed by atoms with E-state index in [2.05, 4.69) is 101 Å². The highest BCUT2D eigenvalue weighted by Gasteiger charge is 2.11. The Morgan fingerprint density at radius 1 is 0.247 bits per heavy atom. The molecule has 0 bridgehead atoms. The van der Waals surface area contributed by atoms with Gasteiger partial charge in [-0.2, -0.15) is 0 Å². The molecule has 0 spiro atoms. The molecule has 0 N–H and O–H groups in total. The molecular formula is C75H130N2. The quantitative estimate of drug-likeness (QED) is 0.0466. The Morgan fingerprint density at radius 2 is 0.455 bits per heavy atom. The highest BCUT2D eigenvalue weighted by Crippen LogP contribution is 2.23. The third kappa shape index (κ3) is 45.7. The van der Waals surface area contributed by atoms with Crippen LogP contribution >= 0.6 is 0 Å². The SMILES string of the molecule is CCCCCCCCCCCCCCCCCC=Cc1ccc(N=C(CCCC)C(CCCCCCCCCCCCCCCCCCC)=Nc2ccc(C=CCCCCCCCCCCCCCCCCC)cc2)cc1. The molecule has 0 unspecified atom stereocenters. The number of allylic oxidation sites excluding steroid dienone is 2. The first-order valence-corrected chi connectivity index (χ1v) is 34.9. The average molecular weight is 1060 g/mol. The van der Waals surface area contributed by atoms with E-state index in [1.165, 1.54) is 337 Å². The van der Waals surface area contributed by atoms with Crippen molar-refractivity contribution < 1.29 is 0 Å². The Hall–Kier alpha value is -2.74. The summed E-state index contributed by atoms with van der Waals surface area (Å²) in [6.07, 6.45) is 82.4. The predicted molar refractivity (Wildman–Crippen MR) is 353 cm³/mol. The molecule has 0 amide bonds. The van der Waals surface area contributed by atoms with E-state index >= 15 is 0 Å². The fraction of sp³-hybridized carbons (Fsp3) is 0.760. The molecule has 0 saturated carbocycles. The van der Waals surface area contributed by atoms with Crippen molar-refractivity contribution in [3.63, 3.8) is 0 Å². The maximum atomic E-state index is 5.42. The summed E-state index contributed by atoms with van der Waals surface area (Å²) in [7, 11) is 0. The van der Waals surface area contributed by atoms with E-state index in [1.807, 2.05) is 0 Å². The first-order valence-electron chi connectivity index (χ1n) is 34.9. The summed E-state index contributed by atoms with van der Waals surface area (Å²) in [5.41, 5.74) is 7.06. The van der Waals surface area contributed by atoms with Gasteiger partial charge >= 0.3 is 0 Å². The van der Waals surface area contributed by atoms with Crippen molar-refractivity contribution in [2.24, 2.45) is 9.98 Å². The van der Waals surface area contributed by atoms with Gasteiger partial charge in [-0.3, -0.25) is 9.98 Å². The van der Waals surface area contributed by atoms with E-state index in [4.69, 9.17) is 9.98 Å². The van der Waals surface area contributed by atoms with E-state index in [9.17, 15) is 0 Å². The van der Waals surface area contributed by atoms with Crippen LogP contribution in [0.5, 0.6) is 0 Å². The second kappa shape index (κ2) is 56.5. The summed E-state index contributed by atoms with van der Waals surface area (Å²) < 4.78 is 0. The van der Waals surface area contributed by atoms with Crippen LogP contribution in [0.4, 0.5) is 11.4 Å². The van der Waals surface area contributed by atoms with Crippen molar-refractivity contribution in [2.45, 2.75) is 368 Å². The van der Waals surface area contributed by atoms with Gasteiger partial charge in [-0.15, -0.1) is 0 Å². The molecule has 2 nitrogen and oxygen atoms in total. The Kier molecular flexibility index (Phi) is 51.7. The summed E-state index contributed by atoms with van der Waals surface area (Å²) in [4.78, 5) is 10.8. The topological polar surface area (TPSA) is 24.7 Å². The summed E-state index contributed by atoms with van der Waals surface area (Å²) in [6.45, 7) is 9.23. The molecule has 0 saturated heterocycles. The lowest BCUT2D eigenvalue weighted by molar-refractivity contribution is 0.528. The predicted octanol–water partition coefficient (Wildman–Crippen LogP) is 27.3. The van der Waals surface area contributed by atoms with Gasteiger partial charge in [-0.1, -0.05) is 365 Å². The van der Waals surface area contributed by atoms with Crippen molar-refractivity contribution in [2.75, 3.05) is 0 Å². The van der Waals surface area contributed by atoms with E-state index in [1.54, 1.807) is 0 Å². The van der Waals surface area contributed by atoms with E-state index in [-0.39, 0.29) is 0 Å². The number of nitrogens with zero attached hydrogens (tertiary/aromatic N) is 2. The first kappa shape index (κ1) is 70.4. The fourth-order valence-corrected chi connectivity index (χ4v) is 11.2. The summed E-state index contributed by atoms with van der Waals surface area (Å²) in [6, 6.07) is 18.0. The van der Waals surface area contributed by atoms with Crippen LogP contribution in [0.3, 0.4) is 0 Å². The second-order valence-electron chi connectivity index (χ2n) is 24.1. The number of rotatable bonds is 58. The van der Waals surface area contributed by atoms with Gasteiger partial charge in [0.2, 0.25) is 0 Å². The van der Waals surface area contributed by atoms with Gasteiger partial charge in [0, 0.05) is 0 Å². The van der Waals surface area contributed by atoms with Gasteiger partial charge < -0.3 is 0 Å². The molecule has 0 fully saturated rings. The number of hydrogen-bond acceptors (Lipinski definition) is 2. The number of hydrogen-bond donors (Lipinski definition) is 0. The Morgan fingerprint density at radius 3 is 0.701 bits per heavy atom. The smallest absolute Gasteiger partial charge is 0.0634 e. The standard InChI is InChI=1S/C75H130N2/c1-5-9-13-16-19-22-25-28-31-34-37-40-43-46-49-52-55-58-70-62-66-72(67-63-70)76-74(60-12-8-4)75(61-57-54-51-48-45-42-39-36-33-30-27-24-21-18-15-11-7-3)77-73-68-64-71(65-69-73)59-56-53-50-47-44-41-38-35-32-29-26-23-20-17-14-10-6-2/h55-56,58-59,62-69H,5-54,57,60-61H2,1-4H3. The molecule has 0 heterocycles. The lowest BCUT2D eigenvalue weighted by atomic mass is 10.0. The summed E-state index contributed by atoms with van der Waals surface area (Å²) in [5.74, 6) is 0. The van der Waals surface area contributed by atoms with Crippen molar-refractivity contribution in [3.8, 4) is 0 Å². The molecule has 0 aliphatic rings. The van der Waals surface area contributed by atoms with E-state index < -0.39 is 0 Å². The van der Waals surface area contributed by atoms with E-state index in [0.717, 1.165) is 37.1 Å². The van der Waals surface area contributed by atoms with Crippen molar-refractivity contribution in [1.29, 1.82) is 0 Å². The summed E-state index contributed by atoms with van der Waals surface area (Å²) >= 11 is 0. The van der Waals surface area contributed by atoms with Crippen LogP contribution in [0.25, 0.3) is 12.2 Å². The highest BCUT2D eigenvalue weighted by atomic mass is 14.8. The molecule has 77 heavy (non-hydrogen) atoms. The van der Waals surface area contributed by atoms with Crippen molar-refractivity contribution in [3.05, 3.63) is 71.8 Å². The largest absolute Gasteiger partial charge is 0.252 e. The molecule has 0 radical (unpaired) electrons. The molecule has 2 heteroatoms. The zero-order valence-electron chi connectivity index (χ0n) is 52.3. The van der Waals surface area contributed by atoms with Gasteiger partial charge in [0.25, 0.3) is 0 Å².